The van der Waals surface area contributed by atoms with Gasteiger partial charge in [-0.2, -0.15) is 12.6 Å². The first-order valence-electron chi connectivity index (χ1n) is 32.6. The minimum atomic E-state index is -1.24. The van der Waals surface area contributed by atoms with Crippen LogP contribution in [0.3, 0.4) is 0 Å². The molecule has 2 aromatic rings. The molecule has 9 atom stereocenters. The molecule has 0 saturated carbocycles. The van der Waals surface area contributed by atoms with Crippen molar-refractivity contribution in [1.82, 2.24) is 47.9 Å². The molecule has 0 radical (unpaired) electrons. The fourth-order valence-electron chi connectivity index (χ4n) is 10.9. The molecule has 0 unspecified atom stereocenters. The van der Waals surface area contributed by atoms with Gasteiger partial charge >= 0.3 is 12.1 Å². The molecule has 3 rings (SSSR count). The number of carbonyl (C=O) groups is 10. The Bertz CT molecular complexity index is 2630. The monoisotopic (exact) mass is 1290 g/mol. The highest BCUT2D eigenvalue weighted by Crippen LogP contribution is 2.44. The topological polar surface area (TPSA) is 386 Å². The van der Waals surface area contributed by atoms with Crippen molar-refractivity contribution in [3.63, 3.8) is 0 Å². The molecule has 0 spiro atoms. The number of thiol groups is 1. The molecule has 91 heavy (non-hydrogen) atoms. The summed E-state index contributed by atoms with van der Waals surface area (Å²) in [5.74, 6) is -7.81. The zero-order valence-electron chi connectivity index (χ0n) is 55.3. The van der Waals surface area contributed by atoms with E-state index in [-0.39, 0.29) is 106 Å². The van der Waals surface area contributed by atoms with E-state index in [0.29, 0.717) is 51.6 Å². The molecule has 9 amide bonds. The first kappa shape index (κ1) is 78.4. The standard InChI is InChI=1S/C66H108N12O12S/c1-38(2)31-51(60(82)72-50(27-17-20-30-69)59(81)74-54(34-41(7)8)63(85)77-55(65(87)88)35-42(9)10)75-62(84)53(33-40(5)6)73-58(80)49(26-16-19-29-68)70-57(79)48(25-15-18-28-67)71-61(83)52(32-39(3)4)76-64(86)56(37-91)78-66(89)90-36-47-45-23-13-11-21-43(45)44-22-12-14-24-46(44)47/h11-14,21-24,38-42,47-56,91H,15-20,25-37,67-69H2,1-10H3,(H,70,79)(H,71,83)(H,72,82)(H,73,80)(H,74,81)(H,75,84)(H,76,86)(H,77,85)(H,78,89)(H,87,88)/t48-,49-,50-,51-,52-,53-,54-,55-,56-/m0/s1. The molecule has 24 nitrogen and oxygen atoms in total. The Morgan fingerprint density at radius 1 is 0.396 bits per heavy atom. The number of unbranched alkanes of at least 4 members (excludes halogenated alkanes) is 3. The average Bonchev–Trinajstić information content (AvgIpc) is 1.63. The quantitative estimate of drug-likeness (QED) is 0.0323. The third-order valence-electron chi connectivity index (χ3n) is 15.6. The Kier molecular flexibility index (Phi) is 35.2. The van der Waals surface area contributed by atoms with Gasteiger partial charge in [0.05, 0.1) is 0 Å². The van der Waals surface area contributed by atoms with Crippen molar-refractivity contribution in [3.05, 3.63) is 59.7 Å². The van der Waals surface area contributed by atoms with Crippen molar-refractivity contribution in [3.8, 4) is 11.1 Å². The molecule has 25 heteroatoms. The van der Waals surface area contributed by atoms with Crippen LogP contribution in [0.5, 0.6) is 0 Å². The SMILES string of the molecule is CC(C)C[C@H](NC(=O)[C@H](CC(C)C)NC(=O)[C@H](CCCCN)NC(=O)[C@H](CC(C)C)NC(=O)[C@H](CC(C)C)NC(=O)[C@H](CCCCN)NC(=O)[C@H](CCCCN)NC(=O)[C@H](CC(C)C)NC(=O)[C@H](CS)NC(=O)OCC1c2ccccc2-c2ccccc21)C(=O)O. The Morgan fingerprint density at radius 3 is 0.945 bits per heavy atom. The van der Waals surface area contributed by atoms with Gasteiger partial charge in [0.15, 0.2) is 0 Å². The van der Waals surface area contributed by atoms with Crippen molar-refractivity contribution < 1.29 is 57.8 Å². The maximum atomic E-state index is 14.6. The number of ether oxygens (including phenoxy) is 1. The fraction of sp³-hybridized carbons (Fsp3) is 0.667. The highest BCUT2D eigenvalue weighted by molar-refractivity contribution is 7.80. The molecule has 0 aliphatic heterocycles. The summed E-state index contributed by atoms with van der Waals surface area (Å²) < 4.78 is 5.70. The van der Waals surface area contributed by atoms with Gasteiger partial charge in [-0.25, -0.2) is 9.59 Å². The molecule has 1 aliphatic carbocycles. The van der Waals surface area contributed by atoms with Crippen molar-refractivity contribution in [2.45, 2.75) is 219 Å². The maximum absolute atomic E-state index is 14.6. The number of carboxylic acids is 1. The number of rotatable bonds is 43. The first-order chi connectivity index (χ1) is 43.1. The number of nitrogens with two attached hydrogens (primary N) is 3. The third-order valence-corrected chi connectivity index (χ3v) is 15.9. The van der Waals surface area contributed by atoms with E-state index in [1.165, 1.54) is 0 Å². The van der Waals surface area contributed by atoms with Crippen LogP contribution in [-0.4, -0.2) is 151 Å². The molecular weight excluding hydrogens is 1180 g/mol. The van der Waals surface area contributed by atoms with Crippen LogP contribution in [0.4, 0.5) is 4.79 Å². The van der Waals surface area contributed by atoms with E-state index in [4.69, 9.17) is 21.9 Å². The maximum Gasteiger partial charge on any atom is 0.407 e. The van der Waals surface area contributed by atoms with Crippen LogP contribution in [-0.2, 0) is 47.9 Å². The zero-order valence-corrected chi connectivity index (χ0v) is 56.2. The lowest BCUT2D eigenvalue weighted by Gasteiger charge is -2.29. The van der Waals surface area contributed by atoms with Crippen molar-refractivity contribution in [1.29, 1.82) is 0 Å². The van der Waals surface area contributed by atoms with E-state index >= 15 is 0 Å². The Morgan fingerprint density at radius 2 is 0.659 bits per heavy atom. The lowest BCUT2D eigenvalue weighted by molar-refractivity contribution is -0.143. The van der Waals surface area contributed by atoms with E-state index < -0.39 is 114 Å². The van der Waals surface area contributed by atoms with Crippen molar-refractivity contribution in [2.24, 2.45) is 46.8 Å². The average molecular weight is 1290 g/mol. The van der Waals surface area contributed by atoms with Gasteiger partial charge in [-0.15, -0.1) is 0 Å². The Hall–Kier alpha value is -6.83. The summed E-state index contributed by atoms with van der Waals surface area (Å²) in [4.78, 5) is 139. The molecule has 16 N–H and O–H groups in total. The van der Waals surface area contributed by atoms with Crippen LogP contribution in [0.2, 0.25) is 0 Å². The van der Waals surface area contributed by atoms with E-state index in [1.807, 2.05) is 118 Å². The number of hydrogen-bond acceptors (Lipinski definition) is 15. The fourth-order valence-corrected chi connectivity index (χ4v) is 11.2. The summed E-state index contributed by atoms with van der Waals surface area (Å²) in [6, 6.07) is 4.94. The largest absolute Gasteiger partial charge is 0.480 e. The van der Waals surface area contributed by atoms with E-state index in [0.717, 1.165) is 22.3 Å². The summed E-state index contributed by atoms with van der Waals surface area (Å²) in [5.41, 5.74) is 21.7. The van der Waals surface area contributed by atoms with Crippen LogP contribution in [0, 0.1) is 29.6 Å². The molecule has 0 saturated heterocycles. The number of alkyl carbamates (subject to hydrolysis) is 1. The minimum absolute atomic E-state index is 0.00279. The van der Waals surface area contributed by atoms with E-state index in [1.54, 1.807) is 0 Å². The summed E-state index contributed by atoms with van der Waals surface area (Å²) in [7, 11) is 0. The van der Waals surface area contributed by atoms with Gasteiger partial charge in [0, 0.05) is 11.7 Å². The summed E-state index contributed by atoms with van der Waals surface area (Å²) in [5, 5.41) is 34.6. The lowest BCUT2D eigenvalue weighted by atomic mass is 9.98. The number of carbonyl (C=O) groups excluding carboxylic acids is 9. The van der Waals surface area contributed by atoms with Gasteiger partial charge in [-0.3, -0.25) is 38.4 Å². The number of carboxylic acid groups (broad SMARTS) is 1. The molecule has 0 fully saturated rings. The summed E-state index contributed by atoms with van der Waals surface area (Å²) in [6.07, 6.45) is 2.85. The lowest BCUT2D eigenvalue weighted by Crippen LogP contribution is -2.60. The van der Waals surface area contributed by atoms with Crippen LogP contribution in [0.25, 0.3) is 11.1 Å². The van der Waals surface area contributed by atoms with Crippen LogP contribution < -0.4 is 65.1 Å². The van der Waals surface area contributed by atoms with Gasteiger partial charge in [-0.1, -0.05) is 118 Å². The Balaban J connectivity index is 1.84. The third kappa shape index (κ3) is 27.5. The number of aliphatic carboxylic acids is 1. The second-order valence-corrected chi connectivity index (χ2v) is 26.4. The number of fused-ring (bicyclic) bond motifs is 3. The zero-order chi connectivity index (χ0) is 67.9. The second kappa shape index (κ2) is 40.9. The number of hydrogen-bond donors (Lipinski definition) is 14. The molecule has 0 aromatic heterocycles. The normalized spacial score (nSPS) is 15.0. The highest BCUT2D eigenvalue weighted by Gasteiger charge is 2.37. The van der Waals surface area contributed by atoms with Gasteiger partial charge in [0.2, 0.25) is 47.3 Å². The molecular formula is C66H108N12O12S. The van der Waals surface area contributed by atoms with Crippen molar-refractivity contribution in [2.75, 3.05) is 32.0 Å². The molecule has 1 aliphatic rings. The molecule has 0 bridgehead atoms. The van der Waals surface area contributed by atoms with Gasteiger partial charge < -0.3 is 74.9 Å². The molecule has 0 heterocycles. The number of benzene rings is 2. The number of amides is 9. The Labute approximate surface area is 544 Å². The minimum Gasteiger partial charge on any atom is -0.480 e. The summed E-state index contributed by atoms with van der Waals surface area (Å²) >= 11 is 4.35. The van der Waals surface area contributed by atoms with Crippen LogP contribution in [0.15, 0.2) is 48.5 Å². The second-order valence-electron chi connectivity index (χ2n) is 26.0. The van der Waals surface area contributed by atoms with Gasteiger partial charge in [-0.05, 0) is 161 Å². The van der Waals surface area contributed by atoms with Crippen molar-refractivity contribution >= 4 is 71.9 Å². The predicted molar refractivity (Wildman–Crippen MR) is 355 cm³/mol. The number of nitrogens with one attached hydrogen (secondary N) is 9. The van der Waals surface area contributed by atoms with Crippen LogP contribution in [0.1, 0.15) is 176 Å². The van der Waals surface area contributed by atoms with E-state index in [2.05, 4.69) is 60.5 Å². The van der Waals surface area contributed by atoms with Gasteiger partial charge in [0.1, 0.15) is 61.0 Å². The van der Waals surface area contributed by atoms with Crippen LogP contribution >= 0.6 is 12.6 Å². The predicted octanol–water partition coefficient (Wildman–Crippen LogP) is 4.40. The summed E-state index contributed by atoms with van der Waals surface area (Å²) in [6.45, 7) is 19.3. The molecule has 510 valence electrons. The smallest absolute Gasteiger partial charge is 0.407 e. The van der Waals surface area contributed by atoms with E-state index in [9.17, 15) is 53.1 Å². The highest BCUT2D eigenvalue weighted by atomic mass is 32.1. The van der Waals surface area contributed by atoms with Gasteiger partial charge in [0.25, 0.3) is 0 Å². The molecule has 2 aromatic carbocycles. The first-order valence-corrected chi connectivity index (χ1v) is 33.3.